The maximum atomic E-state index is 12.4. The molecule has 0 aliphatic rings. The number of amides is 1. The van der Waals surface area contributed by atoms with E-state index in [0.717, 1.165) is 10.6 Å². The fraction of sp³-hybridized carbons (Fsp3) is 0.158. The third-order valence-corrected chi connectivity index (χ3v) is 4.60. The van der Waals surface area contributed by atoms with Gasteiger partial charge in [-0.25, -0.2) is 4.98 Å². The van der Waals surface area contributed by atoms with Gasteiger partial charge < -0.3 is 4.74 Å². The monoisotopic (exact) mass is 338 g/mol. The Balaban J connectivity index is 1.71. The van der Waals surface area contributed by atoms with Crippen LogP contribution in [0.4, 0.5) is 5.13 Å². The van der Waals surface area contributed by atoms with Crippen molar-refractivity contribution in [2.24, 2.45) is 0 Å². The second-order valence-corrected chi connectivity index (χ2v) is 6.68. The second kappa shape index (κ2) is 7.27. The number of carbonyl (C=O) groups excluding carboxylic acids is 1. The average Bonchev–Trinajstić information content (AvgIpc) is 3.05. The summed E-state index contributed by atoms with van der Waals surface area (Å²) in [6.07, 6.45) is 1.81. The number of nitrogens with one attached hydrogen (secondary N) is 1. The van der Waals surface area contributed by atoms with Crippen molar-refractivity contribution in [2.75, 3.05) is 5.32 Å². The molecular formula is C19H18N2O2S. The van der Waals surface area contributed by atoms with Gasteiger partial charge in [0.15, 0.2) is 5.13 Å². The molecule has 1 N–H and O–H groups in total. The van der Waals surface area contributed by atoms with Crippen molar-refractivity contribution in [3.8, 4) is 11.5 Å². The van der Waals surface area contributed by atoms with Crippen molar-refractivity contribution < 1.29 is 9.53 Å². The molecule has 1 amide bonds. The van der Waals surface area contributed by atoms with E-state index in [9.17, 15) is 4.79 Å². The smallest absolute Gasteiger partial charge is 0.257 e. The van der Waals surface area contributed by atoms with Crippen LogP contribution in [0.15, 0.2) is 60.8 Å². The van der Waals surface area contributed by atoms with E-state index in [1.54, 1.807) is 24.4 Å². The normalized spacial score (nSPS) is 10.6. The van der Waals surface area contributed by atoms with Crippen LogP contribution in [0, 0.1) is 0 Å². The molecule has 0 fully saturated rings. The predicted molar refractivity (Wildman–Crippen MR) is 97.1 cm³/mol. The van der Waals surface area contributed by atoms with Crippen LogP contribution in [0.3, 0.4) is 0 Å². The molecule has 0 radical (unpaired) electrons. The quantitative estimate of drug-likeness (QED) is 0.686. The Kier molecular flexibility index (Phi) is 4.91. The molecule has 0 bridgehead atoms. The van der Waals surface area contributed by atoms with Gasteiger partial charge >= 0.3 is 0 Å². The summed E-state index contributed by atoms with van der Waals surface area (Å²) in [4.78, 5) is 17.8. The summed E-state index contributed by atoms with van der Waals surface area (Å²) in [5.74, 6) is 1.56. The molecule has 5 heteroatoms. The van der Waals surface area contributed by atoms with E-state index >= 15 is 0 Å². The number of thiazole rings is 1. The standard InChI is InChI=1S/C19H18N2O2S/c1-13(2)17-12-20-19(24-17)21-18(22)14-7-6-10-16(11-14)23-15-8-4-3-5-9-15/h3-13H,1-2H3,(H,20,21,22). The first-order chi connectivity index (χ1) is 11.6. The highest BCUT2D eigenvalue weighted by atomic mass is 32.1. The number of para-hydroxylation sites is 1. The number of nitrogens with zero attached hydrogens (tertiary/aromatic N) is 1. The first-order valence-electron chi connectivity index (χ1n) is 7.72. The van der Waals surface area contributed by atoms with E-state index in [1.165, 1.54) is 11.3 Å². The average molecular weight is 338 g/mol. The molecule has 3 rings (SSSR count). The maximum absolute atomic E-state index is 12.4. The lowest BCUT2D eigenvalue weighted by atomic mass is 10.2. The molecule has 0 unspecified atom stereocenters. The van der Waals surface area contributed by atoms with Gasteiger partial charge in [0.25, 0.3) is 5.91 Å². The molecule has 2 aromatic carbocycles. The van der Waals surface area contributed by atoms with Crippen molar-refractivity contribution in [3.05, 3.63) is 71.2 Å². The van der Waals surface area contributed by atoms with Crippen LogP contribution in [0.25, 0.3) is 0 Å². The Labute approximate surface area is 145 Å². The number of ether oxygens (including phenoxy) is 1. The predicted octanol–water partition coefficient (Wildman–Crippen LogP) is 5.31. The number of carbonyl (C=O) groups is 1. The highest BCUT2D eigenvalue weighted by molar-refractivity contribution is 7.15. The second-order valence-electron chi connectivity index (χ2n) is 5.62. The minimum absolute atomic E-state index is 0.196. The Morgan fingerprint density at radius 1 is 1.08 bits per heavy atom. The topological polar surface area (TPSA) is 51.2 Å². The Bertz CT molecular complexity index is 828. The van der Waals surface area contributed by atoms with Gasteiger partial charge in [0.2, 0.25) is 0 Å². The van der Waals surface area contributed by atoms with Crippen LogP contribution in [0.2, 0.25) is 0 Å². The first-order valence-corrected chi connectivity index (χ1v) is 8.53. The zero-order valence-corrected chi connectivity index (χ0v) is 14.3. The number of hydrogen-bond acceptors (Lipinski definition) is 4. The van der Waals surface area contributed by atoms with Gasteiger partial charge in [-0.05, 0) is 36.2 Å². The number of anilines is 1. The van der Waals surface area contributed by atoms with Gasteiger partial charge in [0.05, 0.1) is 0 Å². The fourth-order valence-corrected chi connectivity index (χ4v) is 2.92. The van der Waals surface area contributed by atoms with Crippen molar-refractivity contribution in [3.63, 3.8) is 0 Å². The van der Waals surface area contributed by atoms with Crippen LogP contribution in [0.5, 0.6) is 11.5 Å². The summed E-state index contributed by atoms with van der Waals surface area (Å²) in [6, 6.07) is 16.6. The third-order valence-electron chi connectivity index (χ3n) is 3.39. The molecule has 3 aromatic rings. The zero-order valence-electron chi connectivity index (χ0n) is 13.5. The van der Waals surface area contributed by atoms with E-state index < -0.39 is 0 Å². The number of hydrogen-bond donors (Lipinski definition) is 1. The SMILES string of the molecule is CC(C)c1cnc(NC(=O)c2cccc(Oc3ccccc3)c2)s1. The van der Waals surface area contributed by atoms with Crippen molar-refractivity contribution in [2.45, 2.75) is 19.8 Å². The van der Waals surface area contributed by atoms with Crippen LogP contribution >= 0.6 is 11.3 Å². The molecule has 1 aromatic heterocycles. The molecule has 24 heavy (non-hydrogen) atoms. The Hall–Kier alpha value is -2.66. The van der Waals surface area contributed by atoms with Gasteiger partial charge in [0.1, 0.15) is 11.5 Å². The summed E-state index contributed by atoms with van der Waals surface area (Å²) < 4.78 is 5.76. The van der Waals surface area contributed by atoms with Gasteiger partial charge in [-0.2, -0.15) is 0 Å². The van der Waals surface area contributed by atoms with Crippen molar-refractivity contribution in [1.82, 2.24) is 4.98 Å². The summed E-state index contributed by atoms with van der Waals surface area (Å²) in [7, 11) is 0. The summed E-state index contributed by atoms with van der Waals surface area (Å²) >= 11 is 1.50. The molecule has 4 nitrogen and oxygen atoms in total. The van der Waals surface area contributed by atoms with Gasteiger partial charge in [0, 0.05) is 16.6 Å². The number of benzene rings is 2. The molecule has 122 valence electrons. The zero-order chi connectivity index (χ0) is 16.9. The molecule has 0 saturated carbocycles. The first kappa shape index (κ1) is 16.2. The van der Waals surface area contributed by atoms with E-state index in [0.29, 0.717) is 22.4 Å². The van der Waals surface area contributed by atoms with E-state index in [2.05, 4.69) is 24.1 Å². The Morgan fingerprint density at radius 2 is 1.83 bits per heavy atom. The lowest BCUT2D eigenvalue weighted by Crippen LogP contribution is -2.11. The van der Waals surface area contributed by atoms with Crippen molar-refractivity contribution >= 4 is 22.4 Å². The number of aromatic nitrogens is 1. The van der Waals surface area contributed by atoms with Gasteiger partial charge in [-0.15, -0.1) is 11.3 Å². The minimum Gasteiger partial charge on any atom is -0.457 e. The summed E-state index contributed by atoms with van der Waals surface area (Å²) in [5, 5.41) is 3.45. The molecule has 0 aliphatic carbocycles. The van der Waals surface area contributed by atoms with Gasteiger partial charge in [-0.3, -0.25) is 10.1 Å². The lowest BCUT2D eigenvalue weighted by molar-refractivity contribution is 0.102. The lowest BCUT2D eigenvalue weighted by Gasteiger charge is -2.07. The number of rotatable bonds is 5. The van der Waals surface area contributed by atoms with Crippen LogP contribution in [0.1, 0.15) is 35.0 Å². The third kappa shape index (κ3) is 4.00. The van der Waals surface area contributed by atoms with Crippen molar-refractivity contribution in [1.29, 1.82) is 0 Å². The summed E-state index contributed by atoms with van der Waals surface area (Å²) in [5.41, 5.74) is 0.532. The molecular weight excluding hydrogens is 320 g/mol. The van der Waals surface area contributed by atoms with E-state index in [4.69, 9.17) is 4.74 Å². The molecule has 0 aliphatic heterocycles. The van der Waals surface area contributed by atoms with Crippen LogP contribution in [-0.2, 0) is 0 Å². The van der Waals surface area contributed by atoms with Gasteiger partial charge in [-0.1, -0.05) is 38.1 Å². The van der Waals surface area contributed by atoms with Crippen LogP contribution < -0.4 is 10.1 Å². The fourth-order valence-electron chi connectivity index (χ4n) is 2.11. The largest absolute Gasteiger partial charge is 0.457 e. The van der Waals surface area contributed by atoms with E-state index in [1.807, 2.05) is 36.4 Å². The molecule has 0 atom stereocenters. The molecule has 0 saturated heterocycles. The molecule has 1 heterocycles. The highest BCUT2D eigenvalue weighted by Gasteiger charge is 2.11. The van der Waals surface area contributed by atoms with Crippen LogP contribution in [-0.4, -0.2) is 10.9 Å². The Morgan fingerprint density at radius 3 is 2.54 bits per heavy atom. The molecule has 0 spiro atoms. The highest BCUT2D eigenvalue weighted by Crippen LogP contribution is 2.26. The summed E-state index contributed by atoms with van der Waals surface area (Å²) in [6.45, 7) is 4.20. The van der Waals surface area contributed by atoms with E-state index in [-0.39, 0.29) is 5.91 Å². The maximum Gasteiger partial charge on any atom is 0.257 e. The minimum atomic E-state index is -0.196.